The average Bonchev–Trinajstić information content (AvgIpc) is 3.42. The summed E-state index contributed by atoms with van der Waals surface area (Å²) in [6.45, 7) is 3.32. The number of carbonyl (C=O) groups excluding carboxylic acids is 2. The molecular weight excluding hydrogens is 374 g/mol. The van der Waals surface area contributed by atoms with E-state index in [1.54, 1.807) is 6.20 Å². The molecule has 0 unspecified atom stereocenters. The Morgan fingerprint density at radius 3 is 2.75 bits per heavy atom. The third-order valence-electron chi connectivity index (χ3n) is 6.25. The molecule has 0 radical (unpaired) electrons. The Morgan fingerprint density at radius 2 is 2.04 bits per heavy atom. The molecule has 7 nitrogen and oxygen atoms in total. The number of fused-ring (bicyclic) bond motifs is 3. The lowest BCUT2D eigenvalue weighted by atomic mass is 9.95. The highest BCUT2D eigenvalue weighted by molar-refractivity contribution is 7.20. The molecule has 2 aromatic heterocycles. The fraction of sp³-hybridized carbons (Fsp3) is 0.550. The zero-order chi connectivity index (χ0) is 19.3. The van der Waals surface area contributed by atoms with Crippen molar-refractivity contribution in [2.45, 2.75) is 37.4 Å². The van der Waals surface area contributed by atoms with Gasteiger partial charge in [-0.1, -0.05) is 0 Å². The van der Waals surface area contributed by atoms with Crippen molar-refractivity contribution in [3.63, 3.8) is 0 Å². The van der Waals surface area contributed by atoms with E-state index < -0.39 is 0 Å². The molecule has 0 saturated carbocycles. The van der Waals surface area contributed by atoms with Crippen LogP contribution in [0.15, 0.2) is 18.3 Å². The number of thiophene rings is 1. The summed E-state index contributed by atoms with van der Waals surface area (Å²) in [5.74, 6) is -0.0463. The second-order valence-corrected chi connectivity index (χ2v) is 9.26. The maximum absolute atomic E-state index is 12.8. The monoisotopic (exact) mass is 399 g/mol. The smallest absolute Gasteiger partial charge is 0.270 e. The van der Waals surface area contributed by atoms with Crippen LogP contribution in [-0.2, 0) is 0 Å². The lowest BCUT2D eigenvalue weighted by molar-refractivity contribution is 0.0669. The van der Waals surface area contributed by atoms with Gasteiger partial charge in [-0.15, -0.1) is 11.3 Å². The number of pyridine rings is 1. The lowest BCUT2D eigenvalue weighted by Gasteiger charge is -2.32. The van der Waals surface area contributed by atoms with Crippen molar-refractivity contribution in [2.75, 3.05) is 33.2 Å². The van der Waals surface area contributed by atoms with Crippen molar-refractivity contribution >= 4 is 33.2 Å². The maximum Gasteiger partial charge on any atom is 0.270 e. The van der Waals surface area contributed by atoms with Crippen LogP contribution < -0.4 is 10.6 Å². The third-order valence-corrected chi connectivity index (χ3v) is 7.34. The van der Waals surface area contributed by atoms with Gasteiger partial charge in [0, 0.05) is 60.6 Å². The molecule has 2 bridgehead atoms. The Kier molecular flexibility index (Phi) is 4.57. The molecule has 3 aliphatic rings. The number of nitrogens with zero attached hydrogens (tertiary/aromatic N) is 3. The average molecular weight is 400 g/mol. The van der Waals surface area contributed by atoms with E-state index in [0.29, 0.717) is 17.8 Å². The number of amides is 2. The molecule has 8 heteroatoms. The van der Waals surface area contributed by atoms with Crippen LogP contribution in [0, 0.1) is 0 Å². The summed E-state index contributed by atoms with van der Waals surface area (Å²) in [5.41, 5.74) is 0.427. The Labute approximate surface area is 168 Å². The van der Waals surface area contributed by atoms with Crippen LogP contribution in [0.4, 0.5) is 0 Å². The zero-order valence-corrected chi connectivity index (χ0v) is 16.8. The lowest BCUT2D eigenvalue weighted by Crippen LogP contribution is -2.46. The van der Waals surface area contributed by atoms with Crippen molar-refractivity contribution in [3.05, 3.63) is 28.9 Å². The van der Waals surface area contributed by atoms with Crippen LogP contribution in [0.1, 0.15) is 39.4 Å². The Hall–Kier alpha value is -2.03. The van der Waals surface area contributed by atoms with E-state index >= 15 is 0 Å². The molecule has 0 aliphatic carbocycles. The third kappa shape index (κ3) is 3.29. The topological polar surface area (TPSA) is 77.6 Å². The summed E-state index contributed by atoms with van der Waals surface area (Å²) in [4.78, 5) is 34.7. The van der Waals surface area contributed by atoms with Gasteiger partial charge >= 0.3 is 0 Å². The highest BCUT2D eigenvalue weighted by Crippen LogP contribution is 2.29. The van der Waals surface area contributed by atoms with E-state index in [1.807, 2.05) is 17.0 Å². The van der Waals surface area contributed by atoms with Crippen LogP contribution in [0.3, 0.4) is 0 Å². The molecule has 2 aromatic rings. The minimum atomic E-state index is -0.124. The Bertz CT molecular complexity index is 920. The summed E-state index contributed by atoms with van der Waals surface area (Å²) in [5, 5.41) is 7.59. The largest absolute Gasteiger partial charge is 0.346 e. The first kappa shape index (κ1) is 18.0. The van der Waals surface area contributed by atoms with E-state index in [1.165, 1.54) is 17.8 Å². The number of nitrogens with one attached hydrogen (secondary N) is 2. The van der Waals surface area contributed by atoms with Gasteiger partial charge in [0.15, 0.2) is 0 Å². The van der Waals surface area contributed by atoms with Gasteiger partial charge in [-0.25, -0.2) is 0 Å². The normalized spacial score (nSPS) is 27.5. The van der Waals surface area contributed by atoms with Crippen molar-refractivity contribution in [2.24, 2.45) is 0 Å². The number of hydrogen-bond acceptors (Lipinski definition) is 6. The van der Waals surface area contributed by atoms with Gasteiger partial charge in [0.05, 0.1) is 4.88 Å². The number of rotatable bonds is 3. The first-order valence-electron chi connectivity index (χ1n) is 10.0. The summed E-state index contributed by atoms with van der Waals surface area (Å²) in [6.07, 6.45) is 5.05. The first-order valence-corrected chi connectivity index (χ1v) is 10.8. The Balaban J connectivity index is 1.31. The van der Waals surface area contributed by atoms with Crippen LogP contribution in [-0.4, -0.2) is 78.0 Å². The quantitative estimate of drug-likeness (QED) is 0.814. The van der Waals surface area contributed by atoms with Gasteiger partial charge < -0.3 is 20.4 Å². The van der Waals surface area contributed by atoms with E-state index in [4.69, 9.17) is 0 Å². The minimum Gasteiger partial charge on any atom is -0.346 e. The molecule has 0 aromatic carbocycles. The molecule has 3 fully saturated rings. The predicted octanol–water partition coefficient (Wildman–Crippen LogP) is 1.31. The minimum absolute atomic E-state index is 0.0772. The predicted molar refractivity (Wildman–Crippen MR) is 109 cm³/mol. The number of hydrogen-bond donors (Lipinski definition) is 2. The van der Waals surface area contributed by atoms with Crippen LogP contribution in [0.2, 0.25) is 0 Å². The number of piperazine rings is 1. The highest BCUT2D eigenvalue weighted by atomic mass is 32.1. The zero-order valence-electron chi connectivity index (χ0n) is 16.0. The summed E-state index contributed by atoms with van der Waals surface area (Å²) < 4.78 is 0.934. The fourth-order valence-corrected chi connectivity index (χ4v) is 5.59. The molecule has 28 heavy (non-hydrogen) atoms. The summed E-state index contributed by atoms with van der Waals surface area (Å²) in [6, 6.07) is 4.85. The second-order valence-electron chi connectivity index (χ2n) is 8.18. The van der Waals surface area contributed by atoms with Gasteiger partial charge in [-0.2, -0.15) is 0 Å². The molecule has 5 heterocycles. The van der Waals surface area contributed by atoms with Crippen molar-refractivity contribution in [1.82, 2.24) is 25.4 Å². The van der Waals surface area contributed by atoms with Gasteiger partial charge in [0.1, 0.15) is 5.69 Å². The second kappa shape index (κ2) is 7.09. The Morgan fingerprint density at radius 1 is 1.21 bits per heavy atom. The summed E-state index contributed by atoms with van der Waals surface area (Å²) in [7, 11) is 2.08. The maximum atomic E-state index is 12.8. The molecule has 5 rings (SSSR count). The van der Waals surface area contributed by atoms with Crippen molar-refractivity contribution in [3.8, 4) is 0 Å². The van der Waals surface area contributed by atoms with Crippen LogP contribution >= 0.6 is 11.3 Å². The van der Waals surface area contributed by atoms with E-state index in [2.05, 4.69) is 27.6 Å². The fourth-order valence-electron chi connectivity index (χ4n) is 4.55. The van der Waals surface area contributed by atoms with Crippen molar-refractivity contribution in [1.29, 1.82) is 0 Å². The molecule has 2 N–H and O–H groups in total. The molecule has 3 atom stereocenters. The summed E-state index contributed by atoms with van der Waals surface area (Å²) >= 11 is 1.45. The molecule has 3 saturated heterocycles. The van der Waals surface area contributed by atoms with Gasteiger partial charge in [0.25, 0.3) is 11.8 Å². The molecule has 2 amide bonds. The number of carbonyl (C=O) groups is 2. The number of likely N-dealkylation sites (N-methyl/N-ethyl adjacent to an activating group) is 1. The first-order chi connectivity index (χ1) is 13.6. The van der Waals surface area contributed by atoms with Crippen LogP contribution in [0.5, 0.6) is 0 Å². The molecule has 0 spiro atoms. The number of aromatic nitrogens is 1. The molecule has 148 valence electrons. The van der Waals surface area contributed by atoms with Crippen LogP contribution in [0.25, 0.3) is 10.1 Å². The van der Waals surface area contributed by atoms with E-state index in [9.17, 15) is 9.59 Å². The van der Waals surface area contributed by atoms with Gasteiger partial charge in [-0.3, -0.25) is 14.6 Å². The molecule has 3 aliphatic heterocycles. The SMILES string of the molecule is CN1CCN(C(=O)c2cc3cnc(C(=O)N[C@@H]4C[C@H]5CC[C@@H]4N5)cc3s2)CC1. The van der Waals surface area contributed by atoms with Gasteiger partial charge in [-0.05, 0) is 38.4 Å². The van der Waals surface area contributed by atoms with Gasteiger partial charge in [0.2, 0.25) is 0 Å². The molecular formula is C20H25N5O2S. The van der Waals surface area contributed by atoms with Crippen molar-refractivity contribution < 1.29 is 9.59 Å². The standard InChI is InChI=1S/C20H25N5O2S/c1-24-4-6-25(7-5-24)20(27)18-8-12-11-21-16(10-17(12)28-18)19(26)23-15-9-13-2-3-14(15)22-13/h8,10-11,13-15,22H,2-7,9H2,1H3,(H,23,26)/t13-,14+,15-/m1/s1. The van der Waals surface area contributed by atoms with E-state index in [-0.39, 0.29) is 17.9 Å². The van der Waals surface area contributed by atoms with E-state index in [0.717, 1.165) is 54.0 Å². The highest BCUT2D eigenvalue weighted by Gasteiger charge is 2.39.